The quantitative estimate of drug-likeness (QED) is 0.262. The van der Waals surface area contributed by atoms with E-state index < -0.39 is 0 Å². The topological polar surface area (TPSA) is 56.5 Å². The van der Waals surface area contributed by atoms with Crippen LogP contribution in [-0.2, 0) is 11.3 Å². The van der Waals surface area contributed by atoms with Crippen molar-refractivity contribution < 1.29 is 9.53 Å². The fourth-order valence-electron chi connectivity index (χ4n) is 3.90. The van der Waals surface area contributed by atoms with Gasteiger partial charge in [0.15, 0.2) is 4.80 Å². The van der Waals surface area contributed by atoms with Crippen LogP contribution in [0.3, 0.4) is 0 Å². The van der Waals surface area contributed by atoms with Gasteiger partial charge in [0.1, 0.15) is 0 Å². The maximum Gasteiger partial charge on any atom is 0.280 e. The second-order valence-electron chi connectivity index (χ2n) is 7.70. The van der Waals surface area contributed by atoms with Crippen molar-refractivity contribution in [1.29, 1.82) is 0 Å². The van der Waals surface area contributed by atoms with Gasteiger partial charge in [-0.15, -0.1) is 0 Å². The number of thiazole rings is 1. The number of carbonyl (C=O) groups excluding carboxylic acids is 1. The van der Waals surface area contributed by atoms with Gasteiger partial charge in [-0.2, -0.15) is 4.99 Å². The van der Waals surface area contributed by atoms with Gasteiger partial charge in [0.25, 0.3) is 5.91 Å². The highest BCUT2D eigenvalue weighted by molar-refractivity contribution is 7.16. The number of rotatable bonds is 6. The first-order chi connectivity index (χ1) is 16.6. The van der Waals surface area contributed by atoms with E-state index in [2.05, 4.69) is 4.99 Å². The molecule has 0 fully saturated rings. The van der Waals surface area contributed by atoms with Gasteiger partial charge in [-0.05, 0) is 37.3 Å². The van der Waals surface area contributed by atoms with Gasteiger partial charge >= 0.3 is 0 Å². The van der Waals surface area contributed by atoms with Crippen molar-refractivity contribution in [3.8, 4) is 11.3 Å². The summed E-state index contributed by atoms with van der Waals surface area (Å²) in [5.74, 6) is -0.307. The number of amides is 1. The van der Waals surface area contributed by atoms with Crippen molar-refractivity contribution in [3.63, 3.8) is 0 Å². The maximum atomic E-state index is 13.6. The van der Waals surface area contributed by atoms with Crippen molar-refractivity contribution >= 4 is 50.0 Å². The van der Waals surface area contributed by atoms with E-state index in [0.717, 1.165) is 32.4 Å². The third-order valence-corrected chi connectivity index (χ3v) is 6.80. The van der Waals surface area contributed by atoms with Crippen molar-refractivity contribution in [2.75, 3.05) is 13.2 Å². The number of para-hydroxylation sites is 1. The Morgan fingerprint density at radius 2 is 1.85 bits per heavy atom. The van der Waals surface area contributed by atoms with Gasteiger partial charge in [-0.25, -0.2) is 4.98 Å². The van der Waals surface area contributed by atoms with Crippen molar-refractivity contribution in [3.05, 3.63) is 94.3 Å². The zero-order valence-electron chi connectivity index (χ0n) is 18.6. The van der Waals surface area contributed by atoms with Crippen LogP contribution in [0, 0.1) is 0 Å². The molecular formula is C27H22ClN3O2S. The van der Waals surface area contributed by atoms with E-state index in [1.165, 1.54) is 11.3 Å². The van der Waals surface area contributed by atoms with Gasteiger partial charge in [0, 0.05) is 29.1 Å². The lowest BCUT2D eigenvalue weighted by Gasteiger charge is -2.08. The molecule has 2 heterocycles. The van der Waals surface area contributed by atoms with Gasteiger partial charge in [0.2, 0.25) is 0 Å². The van der Waals surface area contributed by atoms with Crippen molar-refractivity contribution in [1.82, 2.24) is 9.55 Å². The highest BCUT2D eigenvalue weighted by Crippen LogP contribution is 2.26. The number of nitrogens with zero attached hydrogens (tertiary/aromatic N) is 3. The number of carbonyl (C=O) groups is 1. The summed E-state index contributed by atoms with van der Waals surface area (Å²) in [6, 6.07) is 25.1. The molecule has 5 rings (SSSR count). The molecule has 1 amide bonds. The Morgan fingerprint density at radius 1 is 1.06 bits per heavy atom. The van der Waals surface area contributed by atoms with E-state index in [9.17, 15) is 4.79 Å². The van der Waals surface area contributed by atoms with E-state index >= 15 is 0 Å². The number of aromatic nitrogens is 2. The maximum absolute atomic E-state index is 13.6. The SMILES string of the molecule is CCOCCn1c(=NC(=O)c2cc(-c3ccccc3)nc3ccccc23)sc2cc(Cl)ccc21. The third kappa shape index (κ3) is 4.53. The number of hydrogen-bond acceptors (Lipinski definition) is 4. The van der Waals surface area contributed by atoms with Gasteiger partial charge in [0.05, 0.1) is 33.6 Å². The molecule has 2 aromatic heterocycles. The third-order valence-electron chi connectivity index (χ3n) is 5.52. The zero-order chi connectivity index (χ0) is 23.5. The predicted molar refractivity (Wildman–Crippen MR) is 138 cm³/mol. The summed E-state index contributed by atoms with van der Waals surface area (Å²) in [5.41, 5.74) is 3.95. The minimum Gasteiger partial charge on any atom is -0.380 e. The number of pyridine rings is 1. The van der Waals surface area contributed by atoms with Gasteiger partial charge in [-0.1, -0.05) is 71.5 Å². The highest BCUT2D eigenvalue weighted by atomic mass is 35.5. The van der Waals surface area contributed by atoms with E-state index in [4.69, 9.17) is 21.3 Å². The lowest BCUT2D eigenvalue weighted by molar-refractivity contribution is 0.0998. The first kappa shape index (κ1) is 22.5. The van der Waals surface area contributed by atoms with Crippen LogP contribution in [0.15, 0.2) is 83.9 Å². The Hall–Kier alpha value is -3.32. The summed E-state index contributed by atoms with van der Waals surface area (Å²) in [6.45, 7) is 3.71. The summed E-state index contributed by atoms with van der Waals surface area (Å²) in [4.78, 5) is 23.5. The van der Waals surface area contributed by atoms with Crippen LogP contribution in [0.1, 0.15) is 17.3 Å². The summed E-state index contributed by atoms with van der Waals surface area (Å²) in [7, 11) is 0. The molecule has 3 aromatic carbocycles. The molecule has 7 heteroatoms. The largest absolute Gasteiger partial charge is 0.380 e. The molecule has 0 unspecified atom stereocenters. The molecule has 0 bridgehead atoms. The molecule has 0 radical (unpaired) electrons. The molecule has 0 saturated heterocycles. The van der Waals surface area contributed by atoms with Crippen LogP contribution in [0.4, 0.5) is 0 Å². The van der Waals surface area contributed by atoms with Crippen molar-refractivity contribution in [2.24, 2.45) is 4.99 Å². The molecule has 0 N–H and O–H groups in total. The number of ether oxygens (including phenoxy) is 1. The molecule has 0 atom stereocenters. The summed E-state index contributed by atoms with van der Waals surface area (Å²) >= 11 is 7.66. The zero-order valence-corrected chi connectivity index (χ0v) is 20.1. The van der Waals surface area contributed by atoms with E-state index in [0.29, 0.717) is 35.1 Å². The minimum absolute atomic E-state index is 0.307. The lowest BCUT2D eigenvalue weighted by Crippen LogP contribution is -2.20. The number of halogens is 1. The van der Waals surface area contributed by atoms with E-state index in [1.54, 1.807) is 0 Å². The average molecular weight is 488 g/mol. The number of hydrogen-bond donors (Lipinski definition) is 0. The van der Waals surface area contributed by atoms with Gasteiger partial charge in [-0.3, -0.25) is 4.79 Å². The normalized spacial score (nSPS) is 12.0. The molecule has 34 heavy (non-hydrogen) atoms. The van der Waals surface area contributed by atoms with Crippen LogP contribution in [0.2, 0.25) is 5.02 Å². The van der Waals surface area contributed by atoms with Crippen LogP contribution >= 0.6 is 22.9 Å². The van der Waals surface area contributed by atoms with Crippen LogP contribution in [0.25, 0.3) is 32.4 Å². The summed E-state index contributed by atoms with van der Waals surface area (Å²) in [5, 5.41) is 1.43. The standard InChI is InChI=1S/C27H22ClN3O2S/c1-2-33-15-14-31-24-13-12-19(28)16-25(24)34-27(31)30-26(32)21-17-23(18-8-4-3-5-9-18)29-22-11-7-6-10-20(21)22/h3-13,16-17H,2,14-15H2,1H3. The van der Waals surface area contributed by atoms with Crippen LogP contribution in [0.5, 0.6) is 0 Å². The fourth-order valence-corrected chi connectivity index (χ4v) is 5.24. The average Bonchev–Trinajstić information content (AvgIpc) is 3.19. The van der Waals surface area contributed by atoms with Crippen LogP contribution in [-0.4, -0.2) is 28.7 Å². The van der Waals surface area contributed by atoms with Crippen LogP contribution < -0.4 is 4.80 Å². The highest BCUT2D eigenvalue weighted by Gasteiger charge is 2.15. The number of fused-ring (bicyclic) bond motifs is 2. The second-order valence-corrected chi connectivity index (χ2v) is 9.15. The Balaban J connectivity index is 1.66. The molecule has 0 aliphatic carbocycles. The first-order valence-electron chi connectivity index (χ1n) is 11.0. The van der Waals surface area contributed by atoms with E-state index in [-0.39, 0.29) is 5.91 Å². The molecule has 0 aliphatic rings. The summed E-state index contributed by atoms with van der Waals surface area (Å²) in [6.07, 6.45) is 0. The molecular weight excluding hydrogens is 466 g/mol. The molecule has 5 aromatic rings. The van der Waals surface area contributed by atoms with E-state index in [1.807, 2.05) is 90.4 Å². The fraction of sp³-hybridized carbons (Fsp3) is 0.148. The monoisotopic (exact) mass is 487 g/mol. The Bertz CT molecular complexity index is 1560. The molecule has 5 nitrogen and oxygen atoms in total. The molecule has 170 valence electrons. The Labute approximate surface area is 205 Å². The lowest BCUT2D eigenvalue weighted by atomic mass is 10.0. The first-order valence-corrected chi connectivity index (χ1v) is 12.2. The minimum atomic E-state index is -0.307. The summed E-state index contributed by atoms with van der Waals surface area (Å²) < 4.78 is 8.56. The van der Waals surface area contributed by atoms with Gasteiger partial charge < -0.3 is 9.30 Å². The Morgan fingerprint density at radius 3 is 2.68 bits per heavy atom. The second kappa shape index (κ2) is 9.89. The number of benzene rings is 3. The Kier molecular flexibility index (Phi) is 6.54. The molecule has 0 spiro atoms. The predicted octanol–water partition coefficient (Wildman–Crippen LogP) is 6.35. The molecule has 0 saturated carbocycles. The van der Waals surface area contributed by atoms with Crippen molar-refractivity contribution in [2.45, 2.75) is 13.5 Å². The molecule has 0 aliphatic heterocycles. The smallest absolute Gasteiger partial charge is 0.280 e.